The van der Waals surface area contributed by atoms with Crippen LogP contribution in [0.2, 0.25) is 0 Å². The van der Waals surface area contributed by atoms with Crippen LogP contribution in [0.3, 0.4) is 0 Å². The Balaban J connectivity index is 2.27. The Hall–Kier alpha value is -0.0400. The molecular weight excluding hydrogens is 182 g/mol. The van der Waals surface area contributed by atoms with E-state index in [1.54, 1.807) is 0 Å². The minimum Gasteiger partial charge on any atom is -0.313 e. The van der Waals surface area contributed by atoms with Crippen LogP contribution in [0.5, 0.6) is 0 Å². The standard InChI is InChI=1S/C14H29N/c1-5-14(11(2)3)15-10-13-9-7-6-8-12(13)4/h11-15H,5-10H2,1-4H3. The van der Waals surface area contributed by atoms with Crippen LogP contribution in [0.25, 0.3) is 0 Å². The Labute approximate surface area is 96.0 Å². The summed E-state index contributed by atoms with van der Waals surface area (Å²) in [5.74, 6) is 2.65. The van der Waals surface area contributed by atoms with Gasteiger partial charge in [0, 0.05) is 6.04 Å². The third-order valence-corrected chi connectivity index (χ3v) is 4.18. The van der Waals surface area contributed by atoms with Crippen LogP contribution in [0, 0.1) is 17.8 Å². The summed E-state index contributed by atoms with van der Waals surface area (Å²) in [4.78, 5) is 0. The number of hydrogen-bond acceptors (Lipinski definition) is 1. The highest BCUT2D eigenvalue weighted by atomic mass is 14.9. The highest BCUT2D eigenvalue weighted by molar-refractivity contribution is 4.77. The summed E-state index contributed by atoms with van der Waals surface area (Å²) in [6, 6.07) is 0.721. The van der Waals surface area contributed by atoms with Crippen molar-refractivity contribution in [2.45, 2.75) is 65.8 Å². The first-order valence-corrected chi connectivity index (χ1v) is 6.88. The van der Waals surface area contributed by atoms with Gasteiger partial charge in [0.1, 0.15) is 0 Å². The van der Waals surface area contributed by atoms with Crippen LogP contribution in [0.1, 0.15) is 59.8 Å². The van der Waals surface area contributed by atoms with Crippen molar-refractivity contribution in [3.63, 3.8) is 0 Å². The van der Waals surface area contributed by atoms with Gasteiger partial charge in [-0.1, -0.05) is 47.0 Å². The SMILES string of the molecule is CCC(NCC1CCCCC1C)C(C)C. The summed E-state index contributed by atoms with van der Waals surface area (Å²) < 4.78 is 0. The van der Waals surface area contributed by atoms with E-state index in [9.17, 15) is 0 Å². The van der Waals surface area contributed by atoms with Crippen molar-refractivity contribution in [3.05, 3.63) is 0 Å². The lowest BCUT2D eigenvalue weighted by molar-refractivity contribution is 0.231. The Morgan fingerprint density at radius 1 is 1.20 bits per heavy atom. The number of nitrogens with one attached hydrogen (secondary N) is 1. The van der Waals surface area contributed by atoms with Gasteiger partial charge in [-0.15, -0.1) is 0 Å². The van der Waals surface area contributed by atoms with Crippen LogP contribution >= 0.6 is 0 Å². The van der Waals surface area contributed by atoms with Gasteiger partial charge in [0.15, 0.2) is 0 Å². The molecule has 0 aromatic carbocycles. The molecule has 1 fully saturated rings. The molecular formula is C14H29N. The molecule has 0 aliphatic heterocycles. The first kappa shape index (κ1) is 13.0. The molecule has 1 aliphatic rings. The van der Waals surface area contributed by atoms with Gasteiger partial charge in [-0.05, 0) is 37.1 Å². The molecule has 1 aliphatic carbocycles. The van der Waals surface area contributed by atoms with Crippen LogP contribution < -0.4 is 5.32 Å². The predicted molar refractivity (Wildman–Crippen MR) is 68.0 cm³/mol. The fourth-order valence-electron chi connectivity index (χ4n) is 2.85. The predicted octanol–water partition coefficient (Wildman–Crippen LogP) is 3.84. The minimum atomic E-state index is 0.721. The summed E-state index contributed by atoms with van der Waals surface area (Å²) >= 11 is 0. The lowest BCUT2D eigenvalue weighted by atomic mass is 9.80. The third-order valence-electron chi connectivity index (χ3n) is 4.18. The first-order valence-electron chi connectivity index (χ1n) is 6.88. The smallest absolute Gasteiger partial charge is 0.00875 e. The van der Waals surface area contributed by atoms with Gasteiger partial charge >= 0.3 is 0 Å². The molecule has 0 heterocycles. The molecule has 1 heteroatoms. The highest BCUT2D eigenvalue weighted by Gasteiger charge is 2.22. The molecule has 3 atom stereocenters. The van der Waals surface area contributed by atoms with Gasteiger partial charge in [-0.3, -0.25) is 0 Å². The van der Waals surface area contributed by atoms with E-state index in [-0.39, 0.29) is 0 Å². The lowest BCUT2D eigenvalue weighted by Crippen LogP contribution is -2.38. The van der Waals surface area contributed by atoms with Gasteiger partial charge < -0.3 is 5.32 Å². The summed E-state index contributed by atoms with van der Waals surface area (Å²) in [5.41, 5.74) is 0. The monoisotopic (exact) mass is 211 g/mol. The Bertz CT molecular complexity index is 165. The quantitative estimate of drug-likeness (QED) is 0.728. The molecule has 90 valence electrons. The molecule has 1 rings (SSSR count). The lowest BCUT2D eigenvalue weighted by Gasteiger charge is -2.31. The van der Waals surface area contributed by atoms with E-state index in [2.05, 4.69) is 33.0 Å². The van der Waals surface area contributed by atoms with E-state index in [4.69, 9.17) is 0 Å². The zero-order chi connectivity index (χ0) is 11.3. The Morgan fingerprint density at radius 2 is 1.87 bits per heavy atom. The molecule has 15 heavy (non-hydrogen) atoms. The summed E-state index contributed by atoms with van der Waals surface area (Å²) in [6.07, 6.45) is 7.07. The van der Waals surface area contributed by atoms with E-state index in [1.165, 1.54) is 38.6 Å². The molecule has 1 nitrogen and oxygen atoms in total. The average Bonchev–Trinajstić information content (AvgIpc) is 2.21. The molecule has 1 N–H and O–H groups in total. The molecule has 0 spiro atoms. The van der Waals surface area contributed by atoms with E-state index in [1.807, 2.05) is 0 Å². The fraction of sp³-hybridized carbons (Fsp3) is 1.00. The average molecular weight is 211 g/mol. The maximum atomic E-state index is 3.77. The second kappa shape index (κ2) is 6.52. The van der Waals surface area contributed by atoms with Crippen molar-refractivity contribution in [1.82, 2.24) is 5.32 Å². The van der Waals surface area contributed by atoms with Crippen molar-refractivity contribution in [1.29, 1.82) is 0 Å². The van der Waals surface area contributed by atoms with E-state index in [0.29, 0.717) is 0 Å². The van der Waals surface area contributed by atoms with Crippen LogP contribution in [0.4, 0.5) is 0 Å². The summed E-state index contributed by atoms with van der Waals surface area (Å²) in [5, 5.41) is 3.77. The minimum absolute atomic E-state index is 0.721. The summed E-state index contributed by atoms with van der Waals surface area (Å²) in [7, 11) is 0. The van der Waals surface area contributed by atoms with E-state index in [0.717, 1.165) is 23.8 Å². The zero-order valence-electron chi connectivity index (χ0n) is 11.1. The first-order chi connectivity index (χ1) is 7.15. The zero-order valence-corrected chi connectivity index (χ0v) is 11.1. The fourth-order valence-corrected chi connectivity index (χ4v) is 2.85. The van der Waals surface area contributed by atoms with Crippen molar-refractivity contribution >= 4 is 0 Å². The molecule has 0 aromatic rings. The summed E-state index contributed by atoms with van der Waals surface area (Å²) in [6.45, 7) is 10.6. The molecule has 3 unspecified atom stereocenters. The maximum absolute atomic E-state index is 3.77. The molecule has 0 bridgehead atoms. The molecule has 1 saturated carbocycles. The molecule has 0 radical (unpaired) electrons. The highest BCUT2D eigenvalue weighted by Crippen LogP contribution is 2.29. The molecule has 0 aromatic heterocycles. The van der Waals surface area contributed by atoms with Gasteiger partial charge in [-0.2, -0.15) is 0 Å². The van der Waals surface area contributed by atoms with Crippen molar-refractivity contribution in [2.24, 2.45) is 17.8 Å². The van der Waals surface area contributed by atoms with Crippen molar-refractivity contribution in [3.8, 4) is 0 Å². The van der Waals surface area contributed by atoms with E-state index >= 15 is 0 Å². The van der Waals surface area contributed by atoms with Crippen molar-refractivity contribution < 1.29 is 0 Å². The second-order valence-electron chi connectivity index (χ2n) is 5.69. The van der Waals surface area contributed by atoms with Gasteiger partial charge in [-0.25, -0.2) is 0 Å². The normalized spacial score (nSPS) is 29.4. The number of rotatable bonds is 5. The second-order valence-corrected chi connectivity index (χ2v) is 5.69. The van der Waals surface area contributed by atoms with Crippen LogP contribution in [0.15, 0.2) is 0 Å². The largest absolute Gasteiger partial charge is 0.313 e. The van der Waals surface area contributed by atoms with Crippen LogP contribution in [-0.2, 0) is 0 Å². The van der Waals surface area contributed by atoms with Gasteiger partial charge in [0.05, 0.1) is 0 Å². The van der Waals surface area contributed by atoms with Crippen LogP contribution in [-0.4, -0.2) is 12.6 Å². The Kier molecular flexibility index (Phi) is 5.66. The Morgan fingerprint density at radius 3 is 2.40 bits per heavy atom. The maximum Gasteiger partial charge on any atom is 0.00875 e. The number of hydrogen-bond donors (Lipinski definition) is 1. The molecule has 0 saturated heterocycles. The van der Waals surface area contributed by atoms with Gasteiger partial charge in [0.2, 0.25) is 0 Å². The third kappa shape index (κ3) is 4.14. The molecule has 0 amide bonds. The topological polar surface area (TPSA) is 12.0 Å². The van der Waals surface area contributed by atoms with E-state index < -0.39 is 0 Å². The van der Waals surface area contributed by atoms with Crippen molar-refractivity contribution in [2.75, 3.05) is 6.54 Å². The van der Waals surface area contributed by atoms with Gasteiger partial charge in [0.25, 0.3) is 0 Å².